The zero-order valence-electron chi connectivity index (χ0n) is 14.4. The molecule has 3 aromatic rings. The number of aromatic nitrogens is 3. The van der Waals surface area contributed by atoms with Crippen LogP contribution < -0.4 is 0 Å². The summed E-state index contributed by atoms with van der Waals surface area (Å²) in [5.41, 5.74) is 0.873. The molecule has 26 heavy (non-hydrogen) atoms. The van der Waals surface area contributed by atoms with Gasteiger partial charge in [-0.1, -0.05) is 24.3 Å². The van der Waals surface area contributed by atoms with Crippen molar-refractivity contribution in [2.24, 2.45) is 5.92 Å². The summed E-state index contributed by atoms with van der Waals surface area (Å²) in [6.45, 7) is 3.97. The fraction of sp³-hybridized carbons (Fsp3) is 0.368. The van der Waals surface area contributed by atoms with Crippen LogP contribution >= 0.6 is 0 Å². The number of ether oxygens (including phenoxy) is 1. The molecule has 2 saturated heterocycles. The van der Waals surface area contributed by atoms with Gasteiger partial charge in [0.15, 0.2) is 0 Å². The van der Waals surface area contributed by atoms with E-state index in [4.69, 9.17) is 9.15 Å². The Balaban J connectivity index is 1.46. The lowest BCUT2D eigenvalue weighted by molar-refractivity contribution is 0.0733. The van der Waals surface area contributed by atoms with Gasteiger partial charge in [-0.2, -0.15) is 0 Å². The lowest BCUT2D eigenvalue weighted by Gasteiger charge is -2.22. The van der Waals surface area contributed by atoms with E-state index in [0.717, 1.165) is 10.9 Å². The molecule has 0 spiro atoms. The summed E-state index contributed by atoms with van der Waals surface area (Å²) in [5.74, 6) is 1.19. The van der Waals surface area contributed by atoms with Gasteiger partial charge in [0.1, 0.15) is 5.69 Å². The molecule has 7 nitrogen and oxygen atoms in total. The number of pyridine rings is 1. The van der Waals surface area contributed by atoms with Crippen LogP contribution in [0.3, 0.4) is 0 Å². The molecule has 0 bridgehead atoms. The van der Waals surface area contributed by atoms with Crippen molar-refractivity contribution in [3.63, 3.8) is 0 Å². The van der Waals surface area contributed by atoms with E-state index >= 15 is 0 Å². The molecule has 2 aliphatic rings. The summed E-state index contributed by atoms with van der Waals surface area (Å²) in [7, 11) is 0. The Labute approximate surface area is 150 Å². The van der Waals surface area contributed by atoms with E-state index in [1.165, 1.54) is 0 Å². The largest absolute Gasteiger partial charge is 0.425 e. The summed E-state index contributed by atoms with van der Waals surface area (Å²) in [6.07, 6.45) is 0. The zero-order chi connectivity index (χ0) is 17.7. The van der Waals surface area contributed by atoms with Gasteiger partial charge in [-0.25, -0.2) is 4.98 Å². The van der Waals surface area contributed by atoms with Crippen LogP contribution in [0.5, 0.6) is 0 Å². The molecule has 5 rings (SSSR count). The Morgan fingerprint density at radius 3 is 2.96 bits per heavy atom. The quantitative estimate of drug-likeness (QED) is 0.703. The van der Waals surface area contributed by atoms with Crippen LogP contribution in [0.2, 0.25) is 0 Å². The number of fused-ring (bicyclic) bond motifs is 2. The number of nitrogens with zero attached hydrogens (tertiary/aromatic N) is 4. The molecule has 1 aromatic carbocycles. The van der Waals surface area contributed by atoms with Crippen molar-refractivity contribution in [1.82, 2.24) is 20.1 Å². The van der Waals surface area contributed by atoms with Gasteiger partial charge in [0, 0.05) is 31.3 Å². The molecule has 0 aliphatic carbocycles. The number of amides is 1. The standard InChI is InChI=1S/C19H18N4O3/c1-12-21-22-18(26-12)19-10-23(8-14(19)9-25-11-19)17(24)16-7-6-13-4-2-3-5-15(13)20-16/h2-7,14H,8-11H2,1H3/t14-,19-/m1/s1. The summed E-state index contributed by atoms with van der Waals surface area (Å²) in [4.78, 5) is 19.4. The molecule has 2 aliphatic heterocycles. The molecule has 2 aromatic heterocycles. The third-order valence-corrected chi connectivity index (χ3v) is 5.43. The van der Waals surface area contributed by atoms with Crippen LogP contribution in [0.15, 0.2) is 40.8 Å². The van der Waals surface area contributed by atoms with Crippen molar-refractivity contribution in [3.8, 4) is 0 Å². The molecule has 0 N–H and O–H groups in total. The van der Waals surface area contributed by atoms with Gasteiger partial charge in [0.2, 0.25) is 11.8 Å². The minimum absolute atomic E-state index is 0.0687. The molecule has 0 saturated carbocycles. The number of likely N-dealkylation sites (tertiary alicyclic amines) is 1. The van der Waals surface area contributed by atoms with Crippen molar-refractivity contribution in [2.45, 2.75) is 12.3 Å². The molecule has 2 fully saturated rings. The first-order chi connectivity index (χ1) is 12.7. The van der Waals surface area contributed by atoms with Gasteiger partial charge >= 0.3 is 0 Å². The smallest absolute Gasteiger partial charge is 0.272 e. The highest BCUT2D eigenvalue weighted by molar-refractivity contribution is 5.95. The zero-order valence-corrected chi connectivity index (χ0v) is 14.4. The first-order valence-electron chi connectivity index (χ1n) is 8.69. The van der Waals surface area contributed by atoms with Crippen LogP contribution in [0.4, 0.5) is 0 Å². The van der Waals surface area contributed by atoms with Crippen LogP contribution in [0, 0.1) is 12.8 Å². The molecule has 1 amide bonds. The fourth-order valence-electron chi connectivity index (χ4n) is 4.04. The lowest BCUT2D eigenvalue weighted by Crippen LogP contribution is -2.37. The third kappa shape index (κ3) is 2.24. The Bertz CT molecular complexity index is 1000. The number of benzene rings is 1. The summed E-state index contributed by atoms with van der Waals surface area (Å²) in [6, 6.07) is 11.5. The lowest BCUT2D eigenvalue weighted by atomic mass is 9.81. The van der Waals surface area contributed by atoms with Gasteiger partial charge < -0.3 is 14.1 Å². The first-order valence-corrected chi connectivity index (χ1v) is 8.69. The van der Waals surface area contributed by atoms with E-state index in [1.807, 2.05) is 35.2 Å². The summed E-state index contributed by atoms with van der Waals surface area (Å²) in [5, 5.41) is 9.20. The van der Waals surface area contributed by atoms with E-state index in [-0.39, 0.29) is 11.8 Å². The second kappa shape index (κ2) is 5.60. The van der Waals surface area contributed by atoms with Crippen molar-refractivity contribution in [1.29, 1.82) is 0 Å². The molecule has 0 radical (unpaired) electrons. The molecule has 7 heteroatoms. The molecule has 132 valence electrons. The maximum Gasteiger partial charge on any atom is 0.272 e. The van der Waals surface area contributed by atoms with Crippen molar-refractivity contribution < 1.29 is 13.9 Å². The SMILES string of the molecule is Cc1nnc([C@]23COC[C@H]2CN(C(=O)c2ccc4ccccc4n2)C3)o1. The first kappa shape index (κ1) is 15.5. The Morgan fingerprint density at radius 2 is 2.12 bits per heavy atom. The van der Waals surface area contributed by atoms with Gasteiger partial charge in [-0.05, 0) is 12.1 Å². The second-order valence-corrected chi connectivity index (χ2v) is 7.07. The predicted octanol–water partition coefficient (Wildman–Crippen LogP) is 1.97. The Kier molecular flexibility index (Phi) is 3.33. The predicted molar refractivity (Wildman–Crippen MR) is 92.7 cm³/mol. The van der Waals surface area contributed by atoms with E-state index in [2.05, 4.69) is 15.2 Å². The number of hydrogen-bond donors (Lipinski definition) is 0. The second-order valence-electron chi connectivity index (χ2n) is 7.07. The third-order valence-electron chi connectivity index (χ3n) is 5.43. The topological polar surface area (TPSA) is 81.4 Å². The maximum atomic E-state index is 13.1. The number of aryl methyl sites for hydroxylation is 1. The van der Waals surface area contributed by atoms with E-state index < -0.39 is 5.41 Å². The fourth-order valence-corrected chi connectivity index (χ4v) is 4.04. The van der Waals surface area contributed by atoms with Gasteiger partial charge in [0.05, 0.1) is 24.1 Å². The molecular formula is C19H18N4O3. The monoisotopic (exact) mass is 350 g/mol. The van der Waals surface area contributed by atoms with E-state index in [0.29, 0.717) is 43.8 Å². The molecule has 4 heterocycles. The number of carbonyl (C=O) groups excluding carboxylic acids is 1. The van der Waals surface area contributed by atoms with Crippen molar-refractivity contribution in [3.05, 3.63) is 53.9 Å². The Hall–Kier alpha value is -2.80. The minimum Gasteiger partial charge on any atom is -0.425 e. The number of hydrogen-bond acceptors (Lipinski definition) is 6. The minimum atomic E-state index is -0.409. The maximum absolute atomic E-state index is 13.1. The summed E-state index contributed by atoms with van der Waals surface area (Å²) < 4.78 is 11.4. The molecule has 2 atom stereocenters. The van der Waals surface area contributed by atoms with Crippen molar-refractivity contribution >= 4 is 16.8 Å². The Morgan fingerprint density at radius 1 is 1.23 bits per heavy atom. The highest BCUT2D eigenvalue weighted by Crippen LogP contribution is 2.43. The van der Waals surface area contributed by atoms with Gasteiger partial charge in [-0.15, -0.1) is 10.2 Å². The van der Waals surface area contributed by atoms with Crippen LogP contribution in [-0.2, 0) is 10.2 Å². The highest BCUT2D eigenvalue weighted by atomic mass is 16.5. The van der Waals surface area contributed by atoms with Crippen LogP contribution in [0.25, 0.3) is 10.9 Å². The molecular weight excluding hydrogens is 332 g/mol. The molecule has 0 unspecified atom stereocenters. The highest BCUT2D eigenvalue weighted by Gasteiger charge is 2.56. The number of rotatable bonds is 2. The van der Waals surface area contributed by atoms with E-state index in [9.17, 15) is 4.79 Å². The average Bonchev–Trinajstić information content (AvgIpc) is 3.34. The summed E-state index contributed by atoms with van der Waals surface area (Å²) >= 11 is 0. The van der Waals surface area contributed by atoms with Crippen LogP contribution in [-0.4, -0.2) is 52.3 Å². The van der Waals surface area contributed by atoms with Gasteiger partial charge in [0.25, 0.3) is 5.91 Å². The van der Waals surface area contributed by atoms with Crippen LogP contribution in [0.1, 0.15) is 22.3 Å². The normalized spacial score (nSPS) is 25.0. The van der Waals surface area contributed by atoms with E-state index in [1.54, 1.807) is 13.0 Å². The number of para-hydroxylation sites is 1. The number of carbonyl (C=O) groups is 1. The van der Waals surface area contributed by atoms with Crippen molar-refractivity contribution in [2.75, 3.05) is 26.3 Å². The average molecular weight is 350 g/mol. The van der Waals surface area contributed by atoms with Gasteiger partial charge in [-0.3, -0.25) is 4.79 Å².